The van der Waals surface area contributed by atoms with Crippen LogP contribution in [0.3, 0.4) is 0 Å². The Bertz CT molecular complexity index is 1360. The lowest BCUT2D eigenvalue weighted by Crippen LogP contribution is -2.19. The smallest absolute Gasteiger partial charge is 0.203 e. The summed E-state index contributed by atoms with van der Waals surface area (Å²) < 4.78 is 16.2. The van der Waals surface area contributed by atoms with Crippen LogP contribution in [0.5, 0.6) is 17.2 Å². The third-order valence-electron chi connectivity index (χ3n) is 6.46. The first kappa shape index (κ1) is 26.9. The van der Waals surface area contributed by atoms with E-state index in [0.29, 0.717) is 29.4 Å². The molecule has 8 heteroatoms. The number of ether oxygens (including phenoxy) is 3. The van der Waals surface area contributed by atoms with Crippen molar-refractivity contribution < 1.29 is 19.0 Å². The SMILES string of the molecule is CNc1cc(-c2cccs2)ccc1N.COc1cc(CN2CCc3ccc(C=O)cc32)cc(OC)c1OC. The summed E-state index contributed by atoms with van der Waals surface area (Å²) in [6.07, 6.45) is 1.87. The van der Waals surface area contributed by atoms with Crippen LogP contribution in [0.15, 0.2) is 66.0 Å². The van der Waals surface area contributed by atoms with Crippen molar-refractivity contribution >= 4 is 34.7 Å². The number of nitrogens with one attached hydrogen (secondary N) is 1. The predicted molar refractivity (Wildman–Crippen MR) is 156 cm³/mol. The average molecular weight is 532 g/mol. The molecule has 0 saturated heterocycles. The van der Waals surface area contributed by atoms with E-state index in [1.54, 1.807) is 32.7 Å². The summed E-state index contributed by atoms with van der Waals surface area (Å²) in [4.78, 5) is 14.6. The Morgan fingerprint density at radius 2 is 1.76 bits per heavy atom. The average Bonchev–Trinajstić information content (AvgIpc) is 3.63. The number of thiophene rings is 1. The molecule has 0 unspecified atom stereocenters. The van der Waals surface area contributed by atoms with Gasteiger partial charge in [0, 0.05) is 36.3 Å². The van der Waals surface area contributed by atoms with Crippen molar-refractivity contribution in [3.05, 3.63) is 82.7 Å². The number of benzene rings is 3. The van der Waals surface area contributed by atoms with E-state index in [4.69, 9.17) is 19.9 Å². The van der Waals surface area contributed by atoms with Crippen LogP contribution in [0, 0.1) is 0 Å². The number of nitrogen functional groups attached to an aromatic ring is 1. The fourth-order valence-electron chi connectivity index (χ4n) is 4.52. The molecule has 0 spiro atoms. The molecule has 1 aliphatic heterocycles. The highest BCUT2D eigenvalue weighted by molar-refractivity contribution is 7.13. The highest BCUT2D eigenvalue weighted by atomic mass is 32.1. The lowest BCUT2D eigenvalue weighted by atomic mass is 10.1. The quantitative estimate of drug-likeness (QED) is 0.209. The second-order valence-corrected chi connectivity index (χ2v) is 9.69. The van der Waals surface area contributed by atoms with E-state index in [2.05, 4.69) is 33.8 Å². The fourth-order valence-corrected chi connectivity index (χ4v) is 5.24. The van der Waals surface area contributed by atoms with Crippen LogP contribution >= 0.6 is 11.3 Å². The Labute approximate surface area is 227 Å². The molecule has 3 N–H and O–H groups in total. The van der Waals surface area contributed by atoms with Crippen LogP contribution in [0.25, 0.3) is 10.4 Å². The van der Waals surface area contributed by atoms with Crippen molar-refractivity contribution in [3.8, 4) is 27.7 Å². The molecular weight excluding hydrogens is 498 g/mol. The molecule has 0 atom stereocenters. The highest BCUT2D eigenvalue weighted by Gasteiger charge is 2.21. The van der Waals surface area contributed by atoms with Crippen LogP contribution in [-0.2, 0) is 13.0 Å². The normalized spacial score (nSPS) is 11.7. The minimum absolute atomic E-state index is 0.591. The lowest BCUT2D eigenvalue weighted by molar-refractivity contribution is 0.112. The van der Waals surface area contributed by atoms with E-state index >= 15 is 0 Å². The van der Waals surface area contributed by atoms with Gasteiger partial charge in [-0.3, -0.25) is 4.79 Å². The van der Waals surface area contributed by atoms with Gasteiger partial charge >= 0.3 is 0 Å². The third-order valence-corrected chi connectivity index (χ3v) is 7.38. The number of anilines is 3. The van der Waals surface area contributed by atoms with Crippen molar-refractivity contribution in [3.63, 3.8) is 0 Å². The molecule has 0 radical (unpaired) electrons. The van der Waals surface area contributed by atoms with E-state index in [0.717, 1.165) is 41.9 Å². The van der Waals surface area contributed by atoms with Crippen LogP contribution in [0.2, 0.25) is 0 Å². The summed E-state index contributed by atoms with van der Waals surface area (Å²) in [6.45, 7) is 1.64. The van der Waals surface area contributed by atoms with Gasteiger partial charge in [0.1, 0.15) is 6.29 Å². The summed E-state index contributed by atoms with van der Waals surface area (Å²) in [7, 11) is 6.70. The summed E-state index contributed by atoms with van der Waals surface area (Å²) in [6, 6.07) is 20.0. The molecule has 1 aromatic heterocycles. The first-order chi connectivity index (χ1) is 18.5. The number of carbonyl (C=O) groups is 1. The van der Waals surface area contributed by atoms with Gasteiger partial charge < -0.3 is 30.2 Å². The molecule has 0 aliphatic carbocycles. The first-order valence-corrected chi connectivity index (χ1v) is 13.1. The zero-order valence-corrected chi connectivity index (χ0v) is 22.9. The molecule has 1 aliphatic rings. The number of hydrogen-bond acceptors (Lipinski definition) is 8. The van der Waals surface area contributed by atoms with Crippen molar-refractivity contribution in [2.45, 2.75) is 13.0 Å². The maximum absolute atomic E-state index is 11.0. The molecule has 0 bridgehead atoms. The molecular formula is C30H33N3O4S. The molecule has 38 heavy (non-hydrogen) atoms. The number of nitrogens with zero attached hydrogens (tertiary/aromatic N) is 1. The van der Waals surface area contributed by atoms with Crippen LogP contribution in [0.1, 0.15) is 21.5 Å². The Balaban J connectivity index is 0.000000204. The van der Waals surface area contributed by atoms with Gasteiger partial charge in [-0.2, -0.15) is 0 Å². The Kier molecular flexibility index (Phi) is 8.76. The van der Waals surface area contributed by atoms with Crippen LogP contribution < -0.4 is 30.2 Å². The van der Waals surface area contributed by atoms with Gasteiger partial charge in [-0.1, -0.05) is 24.3 Å². The van der Waals surface area contributed by atoms with E-state index in [9.17, 15) is 4.79 Å². The standard InChI is InChI=1S/C19H21NO4.C11H12N2S/c1-22-17-9-14(10-18(23-2)19(17)24-3)11-20-7-6-15-5-4-13(12-21)8-16(15)20;1-13-10-7-8(4-5-9(10)12)11-3-2-6-14-11/h4-5,8-10,12H,6-7,11H2,1-3H3;2-7,13H,12H2,1H3. The lowest BCUT2D eigenvalue weighted by Gasteiger charge is -2.21. The van der Waals surface area contributed by atoms with Gasteiger partial charge in [-0.25, -0.2) is 0 Å². The van der Waals surface area contributed by atoms with Crippen molar-refractivity contribution in [2.24, 2.45) is 0 Å². The maximum atomic E-state index is 11.0. The van der Waals surface area contributed by atoms with Gasteiger partial charge in [0.15, 0.2) is 11.5 Å². The van der Waals surface area contributed by atoms with E-state index in [1.165, 1.54) is 16.0 Å². The third kappa shape index (κ3) is 5.86. The number of carbonyl (C=O) groups excluding carboxylic acids is 1. The fraction of sp³-hybridized carbons (Fsp3) is 0.233. The summed E-state index contributed by atoms with van der Waals surface area (Å²) in [5.41, 5.74) is 12.9. The molecule has 2 heterocycles. The molecule has 5 rings (SSSR count). The second kappa shape index (κ2) is 12.4. The predicted octanol–water partition coefficient (Wildman–Crippen LogP) is 6.13. The number of aldehydes is 1. The van der Waals surface area contributed by atoms with Crippen molar-refractivity contribution in [2.75, 3.05) is 50.9 Å². The van der Waals surface area contributed by atoms with Gasteiger partial charge in [-0.05, 0) is 64.9 Å². The monoisotopic (exact) mass is 531 g/mol. The van der Waals surface area contributed by atoms with Gasteiger partial charge in [0.2, 0.25) is 5.75 Å². The van der Waals surface area contributed by atoms with E-state index in [-0.39, 0.29) is 0 Å². The maximum Gasteiger partial charge on any atom is 0.203 e. The minimum atomic E-state index is 0.591. The summed E-state index contributed by atoms with van der Waals surface area (Å²) >= 11 is 1.73. The molecule has 198 valence electrons. The Morgan fingerprint density at radius 1 is 1.00 bits per heavy atom. The largest absolute Gasteiger partial charge is 0.493 e. The van der Waals surface area contributed by atoms with E-state index < -0.39 is 0 Å². The number of rotatable bonds is 8. The molecule has 0 saturated carbocycles. The Hall–Kier alpha value is -4.17. The van der Waals surface area contributed by atoms with Gasteiger partial charge in [0.25, 0.3) is 0 Å². The van der Waals surface area contributed by atoms with Crippen LogP contribution in [0.4, 0.5) is 17.1 Å². The zero-order valence-electron chi connectivity index (χ0n) is 22.1. The van der Waals surface area contributed by atoms with Crippen LogP contribution in [-0.4, -0.2) is 41.2 Å². The number of methoxy groups -OCH3 is 3. The highest BCUT2D eigenvalue weighted by Crippen LogP contribution is 2.39. The summed E-state index contributed by atoms with van der Waals surface area (Å²) in [5.74, 6) is 1.88. The molecule has 3 aromatic carbocycles. The van der Waals surface area contributed by atoms with E-state index in [1.807, 2.05) is 49.5 Å². The minimum Gasteiger partial charge on any atom is -0.493 e. The van der Waals surface area contributed by atoms with Crippen molar-refractivity contribution in [1.29, 1.82) is 0 Å². The molecule has 4 aromatic rings. The van der Waals surface area contributed by atoms with Crippen molar-refractivity contribution in [1.82, 2.24) is 0 Å². The Morgan fingerprint density at radius 3 is 2.37 bits per heavy atom. The number of hydrogen-bond donors (Lipinski definition) is 2. The second-order valence-electron chi connectivity index (χ2n) is 8.74. The summed E-state index contributed by atoms with van der Waals surface area (Å²) in [5, 5.41) is 5.15. The molecule has 0 fully saturated rings. The number of fused-ring (bicyclic) bond motifs is 1. The first-order valence-electron chi connectivity index (χ1n) is 12.2. The van der Waals surface area contributed by atoms with Gasteiger partial charge in [-0.15, -0.1) is 11.3 Å². The van der Waals surface area contributed by atoms with Gasteiger partial charge in [0.05, 0.1) is 32.7 Å². The molecule has 7 nitrogen and oxygen atoms in total. The molecule has 0 amide bonds. The topological polar surface area (TPSA) is 86.1 Å². The number of nitrogens with two attached hydrogens (primary N) is 1. The zero-order chi connectivity index (χ0) is 27.1.